The van der Waals surface area contributed by atoms with Crippen LogP contribution >= 0.6 is 0 Å². The molecule has 0 amide bonds. The lowest BCUT2D eigenvalue weighted by atomic mass is 10.1. The van der Waals surface area contributed by atoms with E-state index in [0.29, 0.717) is 12.1 Å². The molecule has 0 aliphatic heterocycles. The molecule has 0 atom stereocenters. The second-order valence-corrected chi connectivity index (χ2v) is 6.24. The molecule has 2 aromatic carbocycles. The fraction of sp³-hybridized carbons (Fsp3) is 0.200. The molecule has 146 valence electrons. The average Bonchev–Trinajstić information content (AvgIpc) is 3.14. The summed E-state index contributed by atoms with van der Waals surface area (Å²) in [4.78, 5) is 13.5. The highest BCUT2D eigenvalue weighted by molar-refractivity contribution is 5.89. The third-order valence-corrected chi connectivity index (χ3v) is 4.04. The van der Waals surface area contributed by atoms with Crippen molar-refractivity contribution in [3.05, 3.63) is 77.9 Å². The smallest absolute Gasteiger partial charge is 0.337 e. The van der Waals surface area contributed by atoms with Gasteiger partial charge in [0, 0.05) is 24.9 Å². The van der Waals surface area contributed by atoms with Crippen LogP contribution in [0.5, 0.6) is 0 Å². The van der Waals surface area contributed by atoms with E-state index >= 15 is 0 Å². The number of halogens is 1. The molecule has 7 nitrogen and oxygen atoms in total. The SMILES string of the molecule is COC(=O)c1ccc(Cn2c[n+](N=Cc3ccc(N(C)C)cc3)cn2)cc1.[Br-]. The molecule has 0 bridgehead atoms. The van der Waals surface area contributed by atoms with Crippen molar-refractivity contribution in [1.29, 1.82) is 0 Å². The zero-order chi connectivity index (χ0) is 19.2. The van der Waals surface area contributed by atoms with Crippen molar-refractivity contribution < 1.29 is 31.2 Å². The van der Waals surface area contributed by atoms with Crippen molar-refractivity contribution in [2.24, 2.45) is 5.10 Å². The molecule has 0 radical (unpaired) electrons. The van der Waals surface area contributed by atoms with Crippen LogP contribution in [0.4, 0.5) is 5.69 Å². The number of ether oxygens (including phenoxy) is 1. The van der Waals surface area contributed by atoms with E-state index in [1.165, 1.54) is 7.11 Å². The van der Waals surface area contributed by atoms with Crippen LogP contribution in [0.3, 0.4) is 0 Å². The van der Waals surface area contributed by atoms with Gasteiger partial charge in [-0.1, -0.05) is 24.3 Å². The summed E-state index contributed by atoms with van der Waals surface area (Å²) in [7, 11) is 5.39. The Hall–Kier alpha value is -3.00. The second kappa shape index (κ2) is 9.80. The molecule has 1 aromatic heterocycles. The zero-order valence-corrected chi connectivity index (χ0v) is 17.6. The van der Waals surface area contributed by atoms with Crippen molar-refractivity contribution in [3.63, 3.8) is 0 Å². The quantitative estimate of drug-likeness (QED) is 0.277. The zero-order valence-electron chi connectivity index (χ0n) is 16.0. The molecule has 0 aliphatic carbocycles. The first kappa shape index (κ1) is 21.3. The van der Waals surface area contributed by atoms with E-state index < -0.39 is 0 Å². The predicted molar refractivity (Wildman–Crippen MR) is 103 cm³/mol. The standard InChI is InChI=1S/C20H22N5O2.BrH/c1-23(2)19-10-6-16(7-11-19)12-21-25-14-22-24(15-25)13-17-4-8-18(9-5-17)20(26)27-3;/h4-12,14-15H,13H2,1-3H3;1H/q+1;/p-1. The monoisotopic (exact) mass is 443 g/mol. The number of benzene rings is 2. The molecular formula is C20H22BrN5O2. The van der Waals surface area contributed by atoms with E-state index in [1.54, 1.807) is 40.4 Å². The molecule has 0 N–H and O–H groups in total. The van der Waals surface area contributed by atoms with Crippen molar-refractivity contribution in [1.82, 2.24) is 9.78 Å². The van der Waals surface area contributed by atoms with E-state index in [1.807, 2.05) is 50.5 Å². The first-order valence-corrected chi connectivity index (χ1v) is 8.48. The van der Waals surface area contributed by atoms with Gasteiger partial charge in [-0.15, -0.1) is 14.5 Å². The van der Waals surface area contributed by atoms with E-state index in [0.717, 1.165) is 16.8 Å². The number of anilines is 1. The van der Waals surface area contributed by atoms with E-state index in [4.69, 9.17) is 4.74 Å². The number of methoxy groups -OCH3 is 1. The Kier molecular flexibility index (Phi) is 7.45. The van der Waals surface area contributed by atoms with Crippen LogP contribution < -0.4 is 26.6 Å². The fourth-order valence-corrected chi connectivity index (χ4v) is 2.50. The van der Waals surface area contributed by atoms with Crippen LogP contribution in [-0.4, -0.2) is 43.2 Å². The Morgan fingerprint density at radius 1 is 1.18 bits per heavy atom. The number of hydrogen-bond acceptors (Lipinski definition) is 5. The van der Waals surface area contributed by atoms with Gasteiger partial charge >= 0.3 is 5.97 Å². The molecule has 8 heteroatoms. The topological polar surface area (TPSA) is 63.6 Å². The predicted octanol–water partition coefficient (Wildman–Crippen LogP) is -1.04. The van der Waals surface area contributed by atoms with Gasteiger partial charge in [-0.3, -0.25) is 0 Å². The summed E-state index contributed by atoms with van der Waals surface area (Å²) in [5.74, 6) is -0.341. The Labute approximate surface area is 174 Å². The van der Waals surface area contributed by atoms with Crippen LogP contribution in [0.15, 0.2) is 66.3 Å². The van der Waals surface area contributed by atoms with Gasteiger partial charge in [0.15, 0.2) is 0 Å². The second-order valence-electron chi connectivity index (χ2n) is 6.24. The first-order valence-electron chi connectivity index (χ1n) is 8.48. The first-order chi connectivity index (χ1) is 13.0. The molecule has 0 fully saturated rings. The van der Waals surface area contributed by atoms with Crippen LogP contribution in [-0.2, 0) is 11.3 Å². The molecule has 1 heterocycles. The van der Waals surface area contributed by atoms with Gasteiger partial charge in [0.2, 0.25) is 6.33 Å². The number of hydrogen-bond donors (Lipinski definition) is 0. The summed E-state index contributed by atoms with van der Waals surface area (Å²) in [5, 5.41) is 8.70. The Morgan fingerprint density at radius 3 is 2.46 bits per heavy atom. The summed E-state index contributed by atoms with van der Waals surface area (Å²) in [6.45, 7) is 0.585. The third kappa shape index (κ3) is 5.50. The lowest BCUT2D eigenvalue weighted by Gasteiger charge is -2.11. The van der Waals surface area contributed by atoms with Crippen LogP contribution in [0.25, 0.3) is 0 Å². The van der Waals surface area contributed by atoms with Gasteiger partial charge in [-0.05, 0) is 35.4 Å². The highest BCUT2D eigenvalue weighted by Crippen LogP contribution is 2.11. The van der Waals surface area contributed by atoms with Gasteiger partial charge in [0.25, 0.3) is 6.33 Å². The molecule has 0 saturated carbocycles. The highest BCUT2D eigenvalue weighted by Gasteiger charge is 2.08. The van der Waals surface area contributed by atoms with Crippen molar-refractivity contribution in [2.75, 3.05) is 26.1 Å². The summed E-state index contributed by atoms with van der Waals surface area (Å²) in [6, 6.07) is 15.4. The van der Waals surface area contributed by atoms with E-state index in [9.17, 15) is 4.79 Å². The molecular weight excluding hydrogens is 422 g/mol. The maximum atomic E-state index is 11.5. The maximum Gasteiger partial charge on any atom is 0.337 e. The number of carbonyl (C=O) groups excluding carboxylic acids is 1. The minimum Gasteiger partial charge on any atom is -1.00 e. The van der Waals surface area contributed by atoms with Crippen LogP contribution in [0, 0.1) is 0 Å². The molecule has 0 spiro atoms. The minimum atomic E-state index is -0.341. The lowest BCUT2D eigenvalue weighted by molar-refractivity contribution is -0.679. The molecule has 0 saturated heterocycles. The number of esters is 1. The van der Waals surface area contributed by atoms with Crippen molar-refractivity contribution >= 4 is 17.9 Å². The molecule has 3 aromatic rings. The van der Waals surface area contributed by atoms with Gasteiger partial charge in [0.05, 0.1) is 18.9 Å². The number of rotatable bonds is 6. The third-order valence-electron chi connectivity index (χ3n) is 4.04. The summed E-state index contributed by atoms with van der Waals surface area (Å²) >= 11 is 0. The molecule has 0 unspecified atom stereocenters. The number of carbonyl (C=O) groups is 1. The summed E-state index contributed by atoms with van der Waals surface area (Å²) in [6.07, 6.45) is 5.24. The summed E-state index contributed by atoms with van der Waals surface area (Å²) < 4.78 is 8.13. The Bertz CT molecular complexity index is 934. The van der Waals surface area contributed by atoms with E-state index in [2.05, 4.69) is 15.1 Å². The van der Waals surface area contributed by atoms with Gasteiger partial charge in [-0.25, -0.2) is 4.79 Å². The van der Waals surface area contributed by atoms with Gasteiger partial charge in [-0.2, -0.15) is 0 Å². The average molecular weight is 444 g/mol. The van der Waals surface area contributed by atoms with Gasteiger partial charge < -0.3 is 26.6 Å². The Morgan fingerprint density at radius 2 is 1.86 bits per heavy atom. The lowest BCUT2D eigenvalue weighted by Crippen LogP contribution is -3.00. The largest absolute Gasteiger partial charge is 1.00 e. The number of nitrogens with zero attached hydrogens (tertiary/aromatic N) is 5. The molecule has 0 aliphatic rings. The highest BCUT2D eigenvalue weighted by atomic mass is 79.9. The fourth-order valence-electron chi connectivity index (χ4n) is 2.50. The summed E-state index contributed by atoms with van der Waals surface area (Å²) in [5.41, 5.74) is 3.72. The van der Waals surface area contributed by atoms with Gasteiger partial charge in [0.1, 0.15) is 6.54 Å². The van der Waals surface area contributed by atoms with Crippen LogP contribution in [0.1, 0.15) is 21.5 Å². The van der Waals surface area contributed by atoms with Crippen LogP contribution in [0.2, 0.25) is 0 Å². The van der Waals surface area contributed by atoms with Crippen molar-refractivity contribution in [3.8, 4) is 0 Å². The number of aromatic nitrogens is 3. The van der Waals surface area contributed by atoms with E-state index in [-0.39, 0.29) is 23.0 Å². The molecule has 3 rings (SSSR count). The normalized spacial score (nSPS) is 10.5. The van der Waals surface area contributed by atoms with Crippen molar-refractivity contribution in [2.45, 2.75) is 6.54 Å². The Balaban J connectivity index is 0.00000280. The maximum absolute atomic E-state index is 11.5. The minimum absolute atomic E-state index is 0. The molecule has 28 heavy (non-hydrogen) atoms.